The van der Waals surface area contributed by atoms with E-state index in [0.29, 0.717) is 17.2 Å². The molecule has 0 unspecified atom stereocenters. The van der Waals surface area contributed by atoms with Gasteiger partial charge in [0.05, 0.1) is 11.9 Å². The number of carbonyl (C=O) groups excluding carboxylic acids is 1. The molecule has 2 aromatic rings. The van der Waals surface area contributed by atoms with E-state index in [-0.39, 0.29) is 11.8 Å². The van der Waals surface area contributed by atoms with E-state index in [1.807, 2.05) is 45.0 Å². The van der Waals surface area contributed by atoms with Crippen molar-refractivity contribution < 1.29 is 4.79 Å². The fraction of sp³-hybridized carbons (Fsp3) is 0.312. The van der Waals surface area contributed by atoms with Crippen molar-refractivity contribution in [3.8, 4) is 0 Å². The summed E-state index contributed by atoms with van der Waals surface area (Å²) in [6.07, 6.45) is 1.65. The van der Waals surface area contributed by atoms with Gasteiger partial charge in [-0.1, -0.05) is 26.0 Å². The smallest absolute Gasteiger partial charge is 0.276 e. The Morgan fingerprint density at radius 1 is 1.29 bits per heavy atom. The third-order valence-electron chi connectivity index (χ3n) is 3.08. The molecule has 5 heteroatoms. The third kappa shape index (κ3) is 3.56. The maximum absolute atomic E-state index is 12.4. The van der Waals surface area contributed by atoms with E-state index in [1.165, 1.54) is 0 Å². The Bertz CT molecular complexity index is 652. The molecule has 0 fully saturated rings. The highest BCUT2D eigenvalue weighted by molar-refractivity contribution is 6.06. The molecule has 1 amide bonds. The Hall–Kier alpha value is -2.43. The van der Waals surface area contributed by atoms with Gasteiger partial charge in [-0.05, 0) is 24.6 Å². The van der Waals surface area contributed by atoms with E-state index >= 15 is 0 Å². The normalized spacial score (nSPS) is 10.5. The second-order valence-corrected chi connectivity index (χ2v) is 5.22. The second kappa shape index (κ2) is 6.35. The van der Waals surface area contributed by atoms with Gasteiger partial charge in [-0.25, -0.2) is 9.97 Å². The predicted octanol–water partition coefficient (Wildman–Crippen LogP) is 3.20. The molecule has 2 N–H and O–H groups in total. The molecule has 0 saturated heterocycles. The average Bonchev–Trinajstić information content (AvgIpc) is 2.46. The van der Waals surface area contributed by atoms with Gasteiger partial charge in [0.25, 0.3) is 5.91 Å². The van der Waals surface area contributed by atoms with E-state index in [0.717, 1.165) is 11.3 Å². The van der Waals surface area contributed by atoms with Gasteiger partial charge in [0, 0.05) is 18.7 Å². The van der Waals surface area contributed by atoms with Crippen molar-refractivity contribution in [3.05, 3.63) is 47.5 Å². The zero-order valence-corrected chi connectivity index (χ0v) is 12.8. The first kappa shape index (κ1) is 15.0. The Labute approximate surface area is 124 Å². The molecule has 0 atom stereocenters. The number of hydrogen-bond acceptors (Lipinski definition) is 4. The van der Waals surface area contributed by atoms with Gasteiger partial charge in [-0.3, -0.25) is 4.79 Å². The van der Waals surface area contributed by atoms with Crippen molar-refractivity contribution in [1.82, 2.24) is 9.97 Å². The second-order valence-electron chi connectivity index (χ2n) is 5.22. The summed E-state index contributed by atoms with van der Waals surface area (Å²) in [5.74, 6) is 0.582. The van der Waals surface area contributed by atoms with Crippen LogP contribution in [0.4, 0.5) is 11.4 Å². The van der Waals surface area contributed by atoms with Crippen molar-refractivity contribution in [2.24, 2.45) is 0 Å². The highest BCUT2D eigenvalue weighted by Crippen LogP contribution is 2.18. The summed E-state index contributed by atoms with van der Waals surface area (Å²) in [4.78, 5) is 21.1. The zero-order chi connectivity index (χ0) is 15.4. The monoisotopic (exact) mass is 284 g/mol. The van der Waals surface area contributed by atoms with Crippen molar-refractivity contribution in [3.63, 3.8) is 0 Å². The highest BCUT2D eigenvalue weighted by Gasteiger charge is 2.16. The lowest BCUT2D eigenvalue weighted by Gasteiger charge is -2.12. The van der Waals surface area contributed by atoms with Crippen molar-refractivity contribution in [2.45, 2.75) is 26.7 Å². The summed E-state index contributed by atoms with van der Waals surface area (Å²) in [6.45, 7) is 5.98. The summed E-state index contributed by atoms with van der Waals surface area (Å²) in [6, 6.07) is 7.66. The van der Waals surface area contributed by atoms with Gasteiger partial charge >= 0.3 is 0 Å². The van der Waals surface area contributed by atoms with Gasteiger partial charge in [0.2, 0.25) is 0 Å². The van der Waals surface area contributed by atoms with E-state index in [2.05, 4.69) is 20.6 Å². The molecule has 0 aliphatic rings. The zero-order valence-electron chi connectivity index (χ0n) is 12.8. The summed E-state index contributed by atoms with van der Waals surface area (Å²) in [7, 11) is 1.75. The molecule has 0 aliphatic carbocycles. The van der Waals surface area contributed by atoms with Crippen LogP contribution in [0.1, 0.15) is 41.6 Å². The Morgan fingerprint density at radius 3 is 2.67 bits per heavy atom. The van der Waals surface area contributed by atoms with Gasteiger partial charge in [0.1, 0.15) is 5.82 Å². The molecule has 0 bridgehead atoms. The standard InChI is InChI=1S/C16H20N4O/c1-10(2)15-18-9-13(17-4)14(20-15)16(21)19-12-7-5-6-11(3)8-12/h5-10,17H,1-4H3,(H,19,21). The van der Waals surface area contributed by atoms with Gasteiger partial charge in [-0.2, -0.15) is 0 Å². The number of nitrogens with one attached hydrogen (secondary N) is 2. The van der Waals surface area contributed by atoms with Crippen LogP contribution >= 0.6 is 0 Å². The number of aromatic nitrogens is 2. The first-order chi connectivity index (χ1) is 10.0. The molecular weight excluding hydrogens is 264 g/mol. The number of hydrogen-bond donors (Lipinski definition) is 2. The van der Waals surface area contributed by atoms with Crippen LogP contribution in [0.3, 0.4) is 0 Å². The molecule has 1 aromatic heterocycles. The Morgan fingerprint density at radius 2 is 2.05 bits per heavy atom. The summed E-state index contributed by atoms with van der Waals surface area (Å²) in [5, 5.41) is 5.82. The first-order valence-electron chi connectivity index (χ1n) is 6.94. The maximum Gasteiger partial charge on any atom is 0.276 e. The molecule has 0 saturated carbocycles. The fourth-order valence-electron chi connectivity index (χ4n) is 1.94. The molecule has 110 valence electrons. The molecule has 0 radical (unpaired) electrons. The maximum atomic E-state index is 12.4. The van der Waals surface area contributed by atoms with Crippen molar-refractivity contribution >= 4 is 17.3 Å². The number of amides is 1. The Balaban J connectivity index is 2.31. The van der Waals surface area contributed by atoms with Crippen LogP contribution in [0.2, 0.25) is 0 Å². The molecule has 0 spiro atoms. The summed E-state index contributed by atoms with van der Waals surface area (Å²) in [5.41, 5.74) is 2.82. The number of carbonyl (C=O) groups is 1. The molecule has 1 heterocycles. The summed E-state index contributed by atoms with van der Waals surface area (Å²) < 4.78 is 0. The van der Waals surface area contributed by atoms with Crippen LogP contribution < -0.4 is 10.6 Å². The van der Waals surface area contributed by atoms with Crippen LogP contribution in [0, 0.1) is 6.92 Å². The van der Waals surface area contributed by atoms with Gasteiger partial charge < -0.3 is 10.6 Å². The highest BCUT2D eigenvalue weighted by atomic mass is 16.1. The van der Waals surface area contributed by atoms with Crippen LogP contribution in [-0.4, -0.2) is 22.9 Å². The third-order valence-corrected chi connectivity index (χ3v) is 3.08. The number of anilines is 2. The number of aryl methyl sites for hydroxylation is 1. The average molecular weight is 284 g/mol. The van der Waals surface area contributed by atoms with E-state index < -0.39 is 0 Å². The molecular formula is C16H20N4O. The Kier molecular flexibility index (Phi) is 4.52. The molecule has 0 aliphatic heterocycles. The molecule has 5 nitrogen and oxygen atoms in total. The van der Waals surface area contributed by atoms with Crippen molar-refractivity contribution in [2.75, 3.05) is 17.7 Å². The lowest BCUT2D eigenvalue weighted by Crippen LogP contribution is -2.18. The van der Waals surface area contributed by atoms with Gasteiger partial charge in [-0.15, -0.1) is 0 Å². The summed E-state index contributed by atoms with van der Waals surface area (Å²) >= 11 is 0. The molecule has 1 aromatic carbocycles. The SMILES string of the molecule is CNc1cnc(C(C)C)nc1C(=O)Nc1cccc(C)c1. The first-order valence-corrected chi connectivity index (χ1v) is 6.94. The minimum Gasteiger partial charge on any atom is -0.385 e. The van der Waals surface area contributed by atoms with Gasteiger partial charge in [0.15, 0.2) is 5.69 Å². The van der Waals surface area contributed by atoms with E-state index in [1.54, 1.807) is 13.2 Å². The van der Waals surface area contributed by atoms with Crippen molar-refractivity contribution in [1.29, 1.82) is 0 Å². The number of rotatable bonds is 4. The lowest BCUT2D eigenvalue weighted by atomic mass is 10.2. The fourth-order valence-corrected chi connectivity index (χ4v) is 1.94. The van der Waals surface area contributed by atoms with Crippen LogP contribution in [0.15, 0.2) is 30.5 Å². The lowest BCUT2D eigenvalue weighted by molar-refractivity contribution is 0.102. The van der Waals surface area contributed by atoms with Crippen LogP contribution in [-0.2, 0) is 0 Å². The largest absolute Gasteiger partial charge is 0.385 e. The number of benzene rings is 1. The minimum absolute atomic E-state index is 0.168. The van der Waals surface area contributed by atoms with Crippen LogP contribution in [0.25, 0.3) is 0 Å². The predicted molar refractivity (Wildman–Crippen MR) is 84.8 cm³/mol. The minimum atomic E-state index is -0.241. The number of nitrogens with zero attached hydrogens (tertiary/aromatic N) is 2. The van der Waals surface area contributed by atoms with E-state index in [4.69, 9.17) is 0 Å². The topological polar surface area (TPSA) is 66.9 Å². The molecule has 2 rings (SSSR count). The van der Waals surface area contributed by atoms with Crippen LogP contribution in [0.5, 0.6) is 0 Å². The van der Waals surface area contributed by atoms with E-state index in [9.17, 15) is 4.79 Å². The quantitative estimate of drug-likeness (QED) is 0.904. The molecule has 21 heavy (non-hydrogen) atoms.